The van der Waals surface area contributed by atoms with Crippen molar-refractivity contribution in [3.63, 3.8) is 0 Å². The molecule has 1 aliphatic rings. The molecular weight excluding hydrogens is 422 g/mol. The van der Waals surface area contributed by atoms with Crippen LogP contribution in [0.2, 0.25) is 0 Å². The van der Waals surface area contributed by atoms with Crippen LogP contribution in [0.5, 0.6) is 5.75 Å². The van der Waals surface area contributed by atoms with E-state index in [0.717, 1.165) is 16.7 Å². The van der Waals surface area contributed by atoms with Gasteiger partial charge in [-0.15, -0.1) is 0 Å². The van der Waals surface area contributed by atoms with Crippen LogP contribution < -0.4 is 5.32 Å². The van der Waals surface area contributed by atoms with E-state index in [1.165, 1.54) is 0 Å². The van der Waals surface area contributed by atoms with Crippen molar-refractivity contribution in [1.29, 1.82) is 0 Å². The Morgan fingerprint density at radius 1 is 1.33 bits per heavy atom. The highest BCUT2D eigenvalue weighted by Gasteiger charge is 2.27. The molecule has 0 unspecified atom stereocenters. The number of furan rings is 1. The lowest BCUT2D eigenvalue weighted by Gasteiger charge is -2.09. The molecule has 0 fully saturated rings. The van der Waals surface area contributed by atoms with Crippen LogP contribution in [-0.2, 0) is 4.74 Å². The number of fused-ring (bicyclic) bond motifs is 1. The lowest BCUT2D eigenvalue weighted by molar-refractivity contribution is 0.0524. The number of aryl methyl sites for hydroxylation is 1. The van der Waals surface area contributed by atoms with Crippen molar-refractivity contribution in [2.75, 3.05) is 18.5 Å². The van der Waals surface area contributed by atoms with Crippen molar-refractivity contribution in [2.24, 2.45) is 4.99 Å². The summed E-state index contributed by atoms with van der Waals surface area (Å²) in [6, 6.07) is 9.02. The van der Waals surface area contributed by atoms with Crippen molar-refractivity contribution >= 4 is 41.2 Å². The molecule has 1 aromatic carbocycles. The third-order valence-electron chi connectivity index (χ3n) is 4.89. The minimum atomic E-state index is -0.712. The second-order valence-corrected chi connectivity index (χ2v) is 7.09. The molecule has 0 spiro atoms. The molecule has 3 aromatic rings. The molecule has 2 aromatic heterocycles. The fourth-order valence-electron chi connectivity index (χ4n) is 3.35. The molecule has 3 heterocycles. The highest BCUT2D eigenvalue weighted by molar-refractivity contribution is 6.21. The zero-order valence-electron chi connectivity index (χ0n) is 18.0. The number of aliphatic imine (C=N–C) groups is 1. The van der Waals surface area contributed by atoms with Gasteiger partial charge in [0.15, 0.2) is 22.9 Å². The summed E-state index contributed by atoms with van der Waals surface area (Å²) in [4.78, 5) is 21.0. The van der Waals surface area contributed by atoms with Gasteiger partial charge in [0.25, 0.3) is 0 Å². The number of nitrogens with zero attached hydrogens (tertiary/aromatic N) is 2. The van der Waals surface area contributed by atoms with Crippen LogP contribution in [0.4, 0.5) is 17.4 Å². The summed E-state index contributed by atoms with van der Waals surface area (Å²) >= 11 is 0. The number of esters is 1. The SMILES string of the molecule is CCOC(=O)c1c(Nc2ccc(C#CCO)cc2C)oc(C=C2C=Nc3ncccc32)c1O. The average Bonchev–Trinajstić information content (AvgIpc) is 3.35. The van der Waals surface area contributed by atoms with E-state index in [2.05, 4.69) is 27.1 Å². The van der Waals surface area contributed by atoms with Crippen molar-refractivity contribution in [3.8, 4) is 17.6 Å². The number of benzene rings is 1. The Morgan fingerprint density at radius 3 is 2.94 bits per heavy atom. The standard InChI is InChI=1S/C25H21N3O5/c1-3-32-25(31)21-22(30)20(13-17-14-27-23-18(17)7-4-10-26-23)33-24(21)28-19-9-8-16(6-5-11-29)12-15(19)2/h4,7-10,12-14,28-30H,3,11H2,1-2H3. The van der Waals surface area contributed by atoms with Crippen LogP contribution in [0.3, 0.4) is 0 Å². The molecule has 1 aliphatic heterocycles. The molecule has 4 rings (SSSR count). The first-order valence-electron chi connectivity index (χ1n) is 10.2. The molecule has 0 amide bonds. The molecule has 0 saturated heterocycles. The second-order valence-electron chi connectivity index (χ2n) is 7.09. The quantitative estimate of drug-likeness (QED) is 0.399. The number of hydrogen-bond donors (Lipinski definition) is 3. The van der Waals surface area contributed by atoms with Gasteiger partial charge in [-0.1, -0.05) is 11.8 Å². The molecule has 0 saturated carbocycles. The molecule has 33 heavy (non-hydrogen) atoms. The topological polar surface area (TPSA) is 117 Å². The number of allylic oxidation sites excluding steroid dienone is 1. The maximum atomic E-state index is 12.6. The fraction of sp³-hybridized carbons (Fsp3) is 0.160. The molecular formula is C25H21N3O5. The van der Waals surface area contributed by atoms with Gasteiger partial charge >= 0.3 is 5.97 Å². The number of aromatic nitrogens is 1. The lowest BCUT2D eigenvalue weighted by Crippen LogP contribution is -2.06. The number of aliphatic hydroxyl groups excluding tert-OH is 1. The van der Waals surface area contributed by atoms with Crippen LogP contribution in [0.25, 0.3) is 11.6 Å². The highest BCUT2D eigenvalue weighted by atomic mass is 16.5. The first-order valence-corrected chi connectivity index (χ1v) is 10.2. The van der Waals surface area contributed by atoms with Crippen molar-refractivity contribution < 1.29 is 24.2 Å². The van der Waals surface area contributed by atoms with E-state index in [9.17, 15) is 9.90 Å². The Bertz CT molecular complexity index is 1340. The Balaban J connectivity index is 1.73. The Kier molecular flexibility index (Phi) is 6.24. The van der Waals surface area contributed by atoms with E-state index in [-0.39, 0.29) is 36.2 Å². The predicted octanol–water partition coefficient (Wildman–Crippen LogP) is 4.21. The van der Waals surface area contributed by atoms with E-state index < -0.39 is 5.97 Å². The number of pyridine rings is 1. The number of rotatable bonds is 5. The summed E-state index contributed by atoms with van der Waals surface area (Å²) in [6.07, 6.45) is 4.86. The molecule has 166 valence electrons. The zero-order valence-corrected chi connectivity index (χ0v) is 18.0. The number of anilines is 2. The largest absolute Gasteiger partial charge is 0.504 e. The second kappa shape index (κ2) is 9.42. The van der Waals surface area contributed by atoms with Crippen molar-refractivity contribution in [2.45, 2.75) is 13.8 Å². The summed E-state index contributed by atoms with van der Waals surface area (Å²) in [6.45, 7) is 3.46. The van der Waals surface area contributed by atoms with Crippen molar-refractivity contribution in [1.82, 2.24) is 4.98 Å². The summed E-state index contributed by atoms with van der Waals surface area (Å²) in [7, 11) is 0. The van der Waals surface area contributed by atoms with Crippen molar-refractivity contribution in [3.05, 3.63) is 64.5 Å². The molecule has 0 radical (unpaired) electrons. The lowest BCUT2D eigenvalue weighted by atomic mass is 10.1. The molecule has 0 bridgehead atoms. The molecule has 8 nitrogen and oxygen atoms in total. The van der Waals surface area contributed by atoms with E-state index in [4.69, 9.17) is 14.3 Å². The monoisotopic (exact) mass is 443 g/mol. The Labute approximate surface area is 190 Å². The molecule has 0 aliphatic carbocycles. The van der Waals surface area contributed by atoms with Gasteiger partial charge in [-0.3, -0.25) is 0 Å². The number of hydrogen-bond acceptors (Lipinski definition) is 8. The Morgan fingerprint density at radius 2 is 2.18 bits per heavy atom. The van der Waals surface area contributed by atoms with Gasteiger partial charge in [0.2, 0.25) is 5.88 Å². The first kappa shape index (κ1) is 21.9. The van der Waals surface area contributed by atoms with Gasteiger partial charge < -0.3 is 24.7 Å². The third-order valence-corrected chi connectivity index (χ3v) is 4.89. The summed E-state index contributed by atoms with van der Waals surface area (Å²) in [5.41, 5.74) is 3.59. The zero-order chi connectivity index (χ0) is 23.4. The Hall–Kier alpha value is -4.35. The van der Waals surface area contributed by atoms with Gasteiger partial charge in [0.05, 0.1) is 6.61 Å². The van der Waals surface area contributed by atoms with E-state index in [0.29, 0.717) is 17.1 Å². The smallest absolute Gasteiger partial charge is 0.347 e. The maximum Gasteiger partial charge on any atom is 0.347 e. The minimum absolute atomic E-state index is 0.0523. The minimum Gasteiger partial charge on any atom is -0.504 e. The van der Waals surface area contributed by atoms with Crippen LogP contribution in [0, 0.1) is 18.8 Å². The van der Waals surface area contributed by atoms with Crippen LogP contribution in [0.1, 0.15) is 39.7 Å². The first-order chi connectivity index (χ1) is 16.0. The predicted molar refractivity (Wildman–Crippen MR) is 125 cm³/mol. The van der Waals surface area contributed by atoms with Gasteiger partial charge in [-0.05, 0) is 55.8 Å². The number of aliphatic hydroxyl groups is 1. The van der Waals surface area contributed by atoms with Gasteiger partial charge in [-0.25, -0.2) is 14.8 Å². The maximum absolute atomic E-state index is 12.6. The molecule has 0 atom stereocenters. The number of ether oxygens (including phenoxy) is 1. The molecule has 3 N–H and O–H groups in total. The number of aromatic hydroxyl groups is 1. The van der Waals surface area contributed by atoms with E-state index in [1.807, 2.05) is 19.1 Å². The fourth-order valence-corrected chi connectivity index (χ4v) is 3.35. The highest BCUT2D eigenvalue weighted by Crippen LogP contribution is 2.39. The summed E-state index contributed by atoms with van der Waals surface area (Å²) in [5.74, 6) is 5.10. The van der Waals surface area contributed by atoms with Gasteiger partial charge in [0.1, 0.15) is 6.61 Å². The number of nitrogens with one attached hydrogen (secondary N) is 1. The van der Waals surface area contributed by atoms with E-state index >= 15 is 0 Å². The van der Waals surface area contributed by atoms with Crippen LogP contribution in [-0.4, -0.2) is 40.6 Å². The third kappa shape index (κ3) is 4.49. The number of carbonyl (C=O) groups excluding carboxylic acids is 1. The van der Waals surface area contributed by atoms with E-state index in [1.54, 1.807) is 43.6 Å². The average molecular weight is 443 g/mol. The molecule has 8 heteroatoms. The van der Waals surface area contributed by atoms with Crippen LogP contribution in [0.15, 0.2) is 45.9 Å². The van der Waals surface area contributed by atoms with Crippen LogP contribution >= 0.6 is 0 Å². The summed E-state index contributed by atoms with van der Waals surface area (Å²) in [5, 5.41) is 22.8. The number of carbonyl (C=O) groups is 1. The van der Waals surface area contributed by atoms with Gasteiger partial charge in [0, 0.05) is 34.8 Å². The normalized spacial score (nSPS) is 12.9. The summed E-state index contributed by atoms with van der Waals surface area (Å²) < 4.78 is 11.0. The van der Waals surface area contributed by atoms with Gasteiger partial charge in [-0.2, -0.15) is 0 Å².